The molecule has 2 aromatic rings. The third-order valence-corrected chi connectivity index (χ3v) is 6.62. The van der Waals surface area contributed by atoms with Gasteiger partial charge in [0.05, 0.1) is 0 Å². The molecular formula is C32H47N. The molecule has 0 aliphatic carbocycles. The van der Waals surface area contributed by atoms with E-state index in [4.69, 9.17) is 0 Å². The second-order valence-electron chi connectivity index (χ2n) is 9.92. The number of hydrogen-bond donors (Lipinski definition) is 0. The summed E-state index contributed by atoms with van der Waals surface area (Å²) in [6, 6.07) is 21.3. The van der Waals surface area contributed by atoms with Crippen LogP contribution in [-0.4, -0.2) is 23.5 Å². The maximum absolute atomic E-state index is 2.62. The summed E-state index contributed by atoms with van der Waals surface area (Å²) >= 11 is 0. The van der Waals surface area contributed by atoms with E-state index in [0.29, 0.717) is 0 Å². The van der Waals surface area contributed by atoms with Gasteiger partial charge in [-0.15, -0.1) is 0 Å². The SMILES string of the molecule is CCCCCCCCCCCC(C)(C)N(C/C=C/c1ccccc1)C/C=C/c1ccccc1. The molecule has 1 heteroatoms. The summed E-state index contributed by atoms with van der Waals surface area (Å²) in [4.78, 5) is 2.62. The van der Waals surface area contributed by atoms with E-state index in [-0.39, 0.29) is 5.54 Å². The lowest BCUT2D eigenvalue weighted by atomic mass is 9.93. The first-order valence-corrected chi connectivity index (χ1v) is 13.3. The van der Waals surface area contributed by atoms with Crippen molar-refractivity contribution in [2.75, 3.05) is 13.1 Å². The summed E-state index contributed by atoms with van der Waals surface area (Å²) in [5.74, 6) is 0. The van der Waals surface area contributed by atoms with Gasteiger partial charge in [-0.05, 0) is 31.4 Å². The standard InChI is InChI=1S/C32H47N/c1-4-5-6-7-8-9-10-11-18-27-32(2,3)33(28-19-25-30-21-14-12-15-22-30)29-20-26-31-23-16-13-17-24-31/h12-17,19-26H,4-11,18,27-29H2,1-3H3/b25-19+,26-20+. The molecule has 0 saturated carbocycles. The van der Waals surface area contributed by atoms with Gasteiger partial charge in [-0.3, -0.25) is 4.90 Å². The van der Waals surface area contributed by atoms with Gasteiger partial charge in [-0.2, -0.15) is 0 Å². The van der Waals surface area contributed by atoms with Crippen molar-refractivity contribution in [1.82, 2.24) is 4.90 Å². The molecule has 0 aliphatic heterocycles. The van der Waals surface area contributed by atoms with Crippen LogP contribution in [0.5, 0.6) is 0 Å². The molecule has 0 saturated heterocycles. The van der Waals surface area contributed by atoms with Gasteiger partial charge in [0.2, 0.25) is 0 Å². The van der Waals surface area contributed by atoms with Gasteiger partial charge >= 0.3 is 0 Å². The van der Waals surface area contributed by atoms with Crippen LogP contribution in [0, 0.1) is 0 Å². The molecule has 180 valence electrons. The van der Waals surface area contributed by atoms with E-state index in [9.17, 15) is 0 Å². The Morgan fingerprint density at radius 2 is 1.03 bits per heavy atom. The number of benzene rings is 2. The zero-order chi connectivity index (χ0) is 23.6. The van der Waals surface area contributed by atoms with Crippen molar-refractivity contribution in [2.45, 2.75) is 90.5 Å². The van der Waals surface area contributed by atoms with Crippen LogP contribution in [0.4, 0.5) is 0 Å². The van der Waals surface area contributed by atoms with Gasteiger partial charge < -0.3 is 0 Å². The summed E-state index contributed by atoms with van der Waals surface area (Å²) in [5.41, 5.74) is 2.73. The van der Waals surface area contributed by atoms with Crippen LogP contribution in [0.2, 0.25) is 0 Å². The normalized spacial score (nSPS) is 12.4. The summed E-state index contributed by atoms with van der Waals surface area (Å²) in [5, 5.41) is 0. The second-order valence-corrected chi connectivity index (χ2v) is 9.92. The van der Waals surface area contributed by atoms with Crippen molar-refractivity contribution < 1.29 is 0 Å². The Balaban J connectivity index is 1.85. The molecule has 0 aromatic heterocycles. The van der Waals surface area contributed by atoms with Gasteiger partial charge in [0.1, 0.15) is 0 Å². The number of hydrogen-bond acceptors (Lipinski definition) is 1. The van der Waals surface area contributed by atoms with Crippen LogP contribution in [0.15, 0.2) is 72.8 Å². The second kappa shape index (κ2) is 16.5. The number of unbranched alkanes of at least 4 members (excludes halogenated alkanes) is 8. The minimum Gasteiger partial charge on any atom is -0.291 e. The van der Waals surface area contributed by atoms with E-state index >= 15 is 0 Å². The minimum atomic E-state index is 0.184. The Morgan fingerprint density at radius 1 is 0.606 bits per heavy atom. The van der Waals surface area contributed by atoms with Crippen molar-refractivity contribution in [3.8, 4) is 0 Å². The van der Waals surface area contributed by atoms with Gasteiger partial charge in [0.25, 0.3) is 0 Å². The quantitative estimate of drug-likeness (QED) is 0.219. The van der Waals surface area contributed by atoms with E-state index in [2.05, 4.69) is 111 Å². The van der Waals surface area contributed by atoms with Gasteiger partial charge in [0.15, 0.2) is 0 Å². The third-order valence-electron chi connectivity index (χ3n) is 6.62. The molecule has 0 amide bonds. The highest BCUT2D eigenvalue weighted by Crippen LogP contribution is 2.23. The molecule has 0 N–H and O–H groups in total. The van der Waals surface area contributed by atoms with Crippen molar-refractivity contribution in [3.05, 3.63) is 83.9 Å². The summed E-state index contributed by atoms with van der Waals surface area (Å²) < 4.78 is 0. The van der Waals surface area contributed by atoms with E-state index < -0.39 is 0 Å². The fourth-order valence-corrected chi connectivity index (χ4v) is 4.36. The number of rotatable bonds is 17. The Labute approximate surface area is 204 Å². The van der Waals surface area contributed by atoms with E-state index in [0.717, 1.165) is 13.1 Å². The fourth-order valence-electron chi connectivity index (χ4n) is 4.36. The Bertz CT molecular complexity index is 721. The fraction of sp³-hybridized carbons (Fsp3) is 0.500. The van der Waals surface area contributed by atoms with Gasteiger partial charge in [-0.25, -0.2) is 0 Å². The Kier molecular flexibility index (Phi) is 13.6. The Hall–Kier alpha value is -2.12. The molecule has 2 rings (SSSR count). The predicted octanol–water partition coefficient (Wildman–Crippen LogP) is 9.41. The predicted molar refractivity (Wildman–Crippen MR) is 148 cm³/mol. The van der Waals surface area contributed by atoms with Crippen LogP contribution in [0.1, 0.15) is 96.1 Å². The van der Waals surface area contributed by atoms with Gasteiger partial charge in [-0.1, -0.05) is 150 Å². The average Bonchev–Trinajstić information content (AvgIpc) is 2.83. The third kappa shape index (κ3) is 12.1. The highest BCUT2D eigenvalue weighted by molar-refractivity contribution is 5.49. The average molecular weight is 446 g/mol. The molecule has 0 bridgehead atoms. The summed E-state index contributed by atoms with van der Waals surface area (Å²) in [7, 11) is 0. The Morgan fingerprint density at radius 3 is 1.48 bits per heavy atom. The summed E-state index contributed by atoms with van der Waals surface area (Å²) in [6.07, 6.45) is 22.9. The first kappa shape index (κ1) is 27.1. The van der Waals surface area contributed by atoms with Crippen LogP contribution in [0.25, 0.3) is 12.2 Å². The first-order chi connectivity index (χ1) is 16.1. The molecular weight excluding hydrogens is 398 g/mol. The zero-order valence-electron chi connectivity index (χ0n) is 21.5. The van der Waals surface area contributed by atoms with E-state index in [1.54, 1.807) is 0 Å². The maximum atomic E-state index is 2.62. The smallest absolute Gasteiger partial charge is 0.0175 e. The zero-order valence-corrected chi connectivity index (χ0v) is 21.5. The van der Waals surface area contributed by atoms with Crippen molar-refractivity contribution in [3.63, 3.8) is 0 Å². The molecule has 0 unspecified atom stereocenters. The van der Waals surface area contributed by atoms with E-state index in [1.807, 2.05) is 0 Å². The highest BCUT2D eigenvalue weighted by Gasteiger charge is 2.24. The number of nitrogens with zero attached hydrogens (tertiary/aromatic N) is 1. The molecule has 33 heavy (non-hydrogen) atoms. The monoisotopic (exact) mass is 445 g/mol. The van der Waals surface area contributed by atoms with Crippen LogP contribution < -0.4 is 0 Å². The van der Waals surface area contributed by atoms with Crippen molar-refractivity contribution in [2.24, 2.45) is 0 Å². The largest absolute Gasteiger partial charge is 0.291 e. The van der Waals surface area contributed by atoms with Crippen LogP contribution >= 0.6 is 0 Å². The molecule has 1 nitrogen and oxygen atoms in total. The van der Waals surface area contributed by atoms with Crippen molar-refractivity contribution in [1.29, 1.82) is 0 Å². The maximum Gasteiger partial charge on any atom is 0.0175 e. The lowest BCUT2D eigenvalue weighted by Crippen LogP contribution is -2.44. The molecule has 2 aromatic carbocycles. The van der Waals surface area contributed by atoms with E-state index in [1.165, 1.54) is 75.3 Å². The minimum absolute atomic E-state index is 0.184. The van der Waals surface area contributed by atoms with Crippen molar-refractivity contribution >= 4 is 12.2 Å². The first-order valence-electron chi connectivity index (χ1n) is 13.3. The molecule has 0 fully saturated rings. The highest BCUT2D eigenvalue weighted by atomic mass is 15.2. The molecule has 0 heterocycles. The lowest BCUT2D eigenvalue weighted by molar-refractivity contribution is 0.139. The topological polar surface area (TPSA) is 3.24 Å². The molecule has 0 radical (unpaired) electrons. The summed E-state index contributed by atoms with van der Waals surface area (Å²) in [6.45, 7) is 9.08. The van der Waals surface area contributed by atoms with Gasteiger partial charge in [0, 0.05) is 18.6 Å². The lowest BCUT2D eigenvalue weighted by Gasteiger charge is -2.38. The molecule has 0 aliphatic rings. The molecule has 0 atom stereocenters. The molecule has 0 spiro atoms. The van der Waals surface area contributed by atoms with Crippen LogP contribution in [0.3, 0.4) is 0 Å². The van der Waals surface area contributed by atoms with Crippen LogP contribution in [-0.2, 0) is 0 Å².